The maximum absolute atomic E-state index is 10.8. The number of nitrogens with zero attached hydrogens (tertiary/aromatic N) is 4. The van der Waals surface area contributed by atoms with Crippen LogP contribution in [-0.4, -0.2) is 34.6 Å². The summed E-state index contributed by atoms with van der Waals surface area (Å²) in [6.07, 6.45) is 5.46. The summed E-state index contributed by atoms with van der Waals surface area (Å²) < 4.78 is 5.95. The fraction of sp³-hybridized carbons (Fsp3) is 0.105. The van der Waals surface area contributed by atoms with E-state index in [0.29, 0.717) is 34.8 Å². The van der Waals surface area contributed by atoms with Crippen LogP contribution in [0.25, 0.3) is 11.4 Å². The smallest absolute Gasteiger partial charge is 0.233 e. The van der Waals surface area contributed by atoms with E-state index in [9.17, 15) is 4.79 Å². The number of rotatable bonds is 6. The molecule has 0 radical (unpaired) electrons. The van der Waals surface area contributed by atoms with Gasteiger partial charge < -0.3 is 15.8 Å². The number of aryl methyl sites for hydroxylation is 1. The van der Waals surface area contributed by atoms with E-state index in [1.807, 2.05) is 19.1 Å². The molecular formula is C19H18N6O2. The number of nitrogens with two attached hydrogens (primary N) is 1. The lowest BCUT2D eigenvalue weighted by atomic mass is 10.2. The van der Waals surface area contributed by atoms with Gasteiger partial charge in [-0.2, -0.15) is 4.98 Å². The molecule has 3 N–H and O–H groups in total. The summed E-state index contributed by atoms with van der Waals surface area (Å²) in [4.78, 5) is 27.6. The van der Waals surface area contributed by atoms with Crippen molar-refractivity contribution < 1.29 is 9.53 Å². The molecule has 0 spiro atoms. The highest BCUT2D eigenvalue weighted by molar-refractivity contribution is 5.89. The van der Waals surface area contributed by atoms with Gasteiger partial charge in [0.2, 0.25) is 12.3 Å². The van der Waals surface area contributed by atoms with Gasteiger partial charge >= 0.3 is 0 Å². The topological polar surface area (TPSA) is 115 Å². The van der Waals surface area contributed by atoms with Gasteiger partial charge in [0.15, 0.2) is 5.82 Å². The predicted octanol–water partition coefficient (Wildman–Crippen LogP) is 2.84. The average molecular weight is 362 g/mol. The lowest BCUT2D eigenvalue weighted by Crippen LogP contribution is -2.05. The van der Waals surface area contributed by atoms with Crippen LogP contribution in [0.2, 0.25) is 0 Å². The van der Waals surface area contributed by atoms with Crippen LogP contribution in [-0.2, 0) is 4.79 Å². The number of nitrogens with one attached hydrogen (secondary N) is 1. The fourth-order valence-electron chi connectivity index (χ4n) is 2.41. The Morgan fingerprint density at radius 2 is 2.11 bits per heavy atom. The lowest BCUT2D eigenvalue weighted by Gasteiger charge is -2.13. The van der Waals surface area contributed by atoms with Gasteiger partial charge in [0.25, 0.3) is 0 Å². The SMILES string of the molecule is CN=Cc1c(N)nc(-c2cccnc2)nc1Oc1ccc(C)c(NC=O)c1. The molecular weight excluding hydrogens is 344 g/mol. The fourth-order valence-corrected chi connectivity index (χ4v) is 2.41. The second-order valence-electron chi connectivity index (χ2n) is 5.62. The van der Waals surface area contributed by atoms with Gasteiger partial charge in [0.1, 0.15) is 11.6 Å². The molecule has 8 nitrogen and oxygen atoms in total. The number of carbonyl (C=O) groups is 1. The predicted molar refractivity (Wildman–Crippen MR) is 104 cm³/mol. The van der Waals surface area contributed by atoms with Crippen LogP contribution >= 0.6 is 0 Å². The Hall–Kier alpha value is -3.81. The maximum Gasteiger partial charge on any atom is 0.233 e. The van der Waals surface area contributed by atoms with Crippen LogP contribution in [0.1, 0.15) is 11.1 Å². The van der Waals surface area contributed by atoms with Gasteiger partial charge in [-0.15, -0.1) is 0 Å². The largest absolute Gasteiger partial charge is 0.438 e. The Morgan fingerprint density at radius 1 is 1.26 bits per heavy atom. The number of aromatic nitrogens is 3. The zero-order chi connectivity index (χ0) is 19.2. The van der Waals surface area contributed by atoms with Gasteiger partial charge in [0, 0.05) is 43.0 Å². The van der Waals surface area contributed by atoms with E-state index in [1.54, 1.807) is 37.6 Å². The third kappa shape index (κ3) is 4.06. The van der Waals surface area contributed by atoms with Crippen molar-refractivity contribution in [3.8, 4) is 23.0 Å². The highest BCUT2D eigenvalue weighted by atomic mass is 16.5. The van der Waals surface area contributed by atoms with E-state index >= 15 is 0 Å². The van der Waals surface area contributed by atoms with E-state index in [1.165, 1.54) is 6.21 Å². The molecule has 0 atom stereocenters. The molecule has 0 fully saturated rings. The van der Waals surface area contributed by atoms with Crippen LogP contribution in [0, 0.1) is 6.92 Å². The summed E-state index contributed by atoms with van der Waals surface area (Å²) in [6.45, 7) is 1.88. The zero-order valence-corrected chi connectivity index (χ0v) is 14.9. The second kappa shape index (κ2) is 8.05. The Labute approximate surface area is 156 Å². The summed E-state index contributed by atoms with van der Waals surface area (Å²) >= 11 is 0. The van der Waals surface area contributed by atoms with Crippen molar-refractivity contribution >= 4 is 24.1 Å². The van der Waals surface area contributed by atoms with Gasteiger partial charge in [-0.25, -0.2) is 4.98 Å². The standard InChI is InChI=1S/C19H18N6O2/c1-12-5-6-14(8-16(12)23-11-26)27-19-15(10-21-2)17(20)24-18(25-19)13-4-3-7-22-9-13/h3-11H,1-2H3,(H,23,26)(H2,20,24,25). The first kappa shape index (κ1) is 18.0. The molecule has 0 saturated heterocycles. The molecule has 8 heteroatoms. The quantitative estimate of drug-likeness (QED) is 0.514. The van der Waals surface area contributed by atoms with Crippen LogP contribution in [0.5, 0.6) is 11.6 Å². The van der Waals surface area contributed by atoms with Crippen molar-refractivity contribution in [3.05, 3.63) is 53.9 Å². The molecule has 1 aromatic carbocycles. The van der Waals surface area contributed by atoms with Crippen molar-refractivity contribution in [2.24, 2.45) is 4.99 Å². The van der Waals surface area contributed by atoms with Crippen LogP contribution < -0.4 is 15.8 Å². The third-order valence-corrected chi connectivity index (χ3v) is 3.76. The van der Waals surface area contributed by atoms with E-state index in [-0.39, 0.29) is 11.7 Å². The van der Waals surface area contributed by atoms with Crippen LogP contribution in [0.15, 0.2) is 47.7 Å². The molecule has 0 aliphatic rings. The second-order valence-corrected chi connectivity index (χ2v) is 5.62. The Bertz CT molecular complexity index is 989. The summed E-state index contributed by atoms with van der Waals surface area (Å²) in [5.74, 6) is 1.38. The Kier molecular flexibility index (Phi) is 5.36. The molecule has 1 amide bonds. The molecule has 0 aliphatic heterocycles. The molecule has 0 saturated carbocycles. The number of nitrogen functional groups attached to an aromatic ring is 1. The lowest BCUT2D eigenvalue weighted by molar-refractivity contribution is -0.105. The molecule has 136 valence electrons. The summed E-state index contributed by atoms with van der Waals surface area (Å²) in [7, 11) is 1.62. The van der Waals surface area contributed by atoms with E-state index < -0.39 is 0 Å². The van der Waals surface area contributed by atoms with Crippen LogP contribution in [0.4, 0.5) is 11.5 Å². The number of ether oxygens (including phenoxy) is 1. The van der Waals surface area contributed by atoms with Crippen molar-refractivity contribution in [3.63, 3.8) is 0 Å². The molecule has 3 aromatic rings. The highest BCUT2D eigenvalue weighted by Crippen LogP contribution is 2.30. The van der Waals surface area contributed by atoms with Crippen molar-refractivity contribution in [1.82, 2.24) is 15.0 Å². The van der Waals surface area contributed by atoms with Crippen molar-refractivity contribution in [2.45, 2.75) is 6.92 Å². The maximum atomic E-state index is 10.8. The monoisotopic (exact) mass is 362 g/mol. The number of aliphatic imine (C=N–C) groups is 1. The molecule has 2 aromatic heterocycles. The minimum atomic E-state index is 0.239. The minimum Gasteiger partial charge on any atom is -0.438 e. The van der Waals surface area contributed by atoms with E-state index in [2.05, 4.69) is 25.3 Å². The molecule has 2 heterocycles. The number of carbonyl (C=O) groups excluding carboxylic acids is 1. The molecule has 0 unspecified atom stereocenters. The first-order valence-corrected chi connectivity index (χ1v) is 8.11. The summed E-state index contributed by atoms with van der Waals surface area (Å²) in [5.41, 5.74) is 8.82. The van der Waals surface area contributed by atoms with Gasteiger partial charge in [-0.05, 0) is 30.7 Å². The zero-order valence-electron chi connectivity index (χ0n) is 14.9. The minimum absolute atomic E-state index is 0.239. The average Bonchev–Trinajstić information content (AvgIpc) is 2.68. The van der Waals surface area contributed by atoms with Gasteiger partial charge in [0.05, 0.1) is 5.56 Å². The first-order chi connectivity index (χ1) is 13.1. The number of hydrogen-bond acceptors (Lipinski definition) is 7. The molecule has 0 aliphatic carbocycles. The molecule has 27 heavy (non-hydrogen) atoms. The van der Waals surface area contributed by atoms with Crippen molar-refractivity contribution in [1.29, 1.82) is 0 Å². The van der Waals surface area contributed by atoms with E-state index in [0.717, 1.165) is 5.56 Å². The summed E-state index contributed by atoms with van der Waals surface area (Å²) in [5, 5.41) is 2.64. The summed E-state index contributed by atoms with van der Waals surface area (Å²) in [6, 6.07) is 8.94. The molecule has 0 bridgehead atoms. The van der Waals surface area contributed by atoms with Crippen molar-refractivity contribution in [2.75, 3.05) is 18.1 Å². The molecule has 3 rings (SSSR count). The Balaban J connectivity index is 2.06. The van der Waals surface area contributed by atoms with Gasteiger partial charge in [-0.1, -0.05) is 6.07 Å². The number of pyridine rings is 1. The normalized spacial score (nSPS) is 10.7. The van der Waals surface area contributed by atoms with E-state index in [4.69, 9.17) is 10.5 Å². The number of benzene rings is 1. The third-order valence-electron chi connectivity index (χ3n) is 3.76. The van der Waals surface area contributed by atoms with Gasteiger partial charge in [-0.3, -0.25) is 14.8 Å². The number of hydrogen-bond donors (Lipinski definition) is 2. The highest BCUT2D eigenvalue weighted by Gasteiger charge is 2.15. The number of amides is 1. The number of anilines is 2. The Morgan fingerprint density at radius 3 is 2.81 bits per heavy atom. The van der Waals surface area contributed by atoms with Crippen LogP contribution in [0.3, 0.4) is 0 Å². The first-order valence-electron chi connectivity index (χ1n) is 8.11.